The van der Waals surface area contributed by atoms with E-state index in [0.717, 1.165) is 11.1 Å². The van der Waals surface area contributed by atoms with Gasteiger partial charge >= 0.3 is 8.25 Å². The third-order valence-corrected chi connectivity index (χ3v) is 2.68. The van der Waals surface area contributed by atoms with Crippen molar-refractivity contribution in [3.8, 4) is 0 Å². The Kier molecular flexibility index (Phi) is 3.43. The van der Waals surface area contributed by atoms with E-state index >= 15 is 0 Å². The number of carbonyl (C=O) groups is 1. The van der Waals surface area contributed by atoms with E-state index in [1.165, 1.54) is 0 Å². The first-order valence-corrected chi connectivity index (χ1v) is 6.22. The maximum Gasteiger partial charge on any atom is 0.317 e. The Morgan fingerprint density at radius 1 is 1.47 bits per heavy atom. The molecule has 0 saturated heterocycles. The maximum atomic E-state index is 11.6. The van der Waals surface area contributed by atoms with Gasteiger partial charge in [-0.1, -0.05) is 0 Å². The van der Waals surface area contributed by atoms with E-state index in [1.807, 2.05) is 13.0 Å². The van der Waals surface area contributed by atoms with Gasteiger partial charge in [-0.2, -0.15) is 0 Å². The summed E-state index contributed by atoms with van der Waals surface area (Å²) in [5, 5.41) is 0.824. The van der Waals surface area contributed by atoms with Crippen molar-refractivity contribution in [3.05, 3.63) is 35.6 Å². The summed E-state index contributed by atoms with van der Waals surface area (Å²) in [5.74, 6) is 0.430. The highest BCUT2D eigenvalue weighted by molar-refractivity contribution is 7.32. The van der Waals surface area contributed by atoms with Gasteiger partial charge in [-0.25, -0.2) is 0 Å². The lowest BCUT2D eigenvalue weighted by Gasteiger charge is -2.00. The third kappa shape index (κ3) is 2.82. The van der Waals surface area contributed by atoms with Crippen LogP contribution in [0.3, 0.4) is 0 Å². The molecule has 0 saturated carbocycles. The molecule has 1 atom stereocenters. The minimum atomic E-state index is -3.06. The van der Waals surface area contributed by atoms with Crippen LogP contribution >= 0.6 is 8.25 Å². The second-order valence-electron chi connectivity index (χ2n) is 3.59. The maximum absolute atomic E-state index is 11.6. The first-order chi connectivity index (χ1) is 8.06. The molecule has 6 heteroatoms. The number of hydrogen-bond acceptors (Lipinski definition) is 4. The quantitative estimate of drug-likeness (QED) is 0.669. The van der Waals surface area contributed by atoms with Crippen LogP contribution in [-0.4, -0.2) is 17.3 Å². The number of rotatable bonds is 4. The number of ketones is 1. The number of aryl methyl sites for hydroxylation is 1. The predicted octanol–water partition coefficient (Wildman–Crippen LogP) is 2.32. The molecule has 1 heterocycles. The Balaban J connectivity index is 2.23. The summed E-state index contributed by atoms with van der Waals surface area (Å²) in [4.78, 5) is 20.1. The Labute approximate surface area is 97.9 Å². The highest BCUT2D eigenvalue weighted by Gasteiger charge is 2.09. The molecule has 1 aromatic carbocycles. The summed E-state index contributed by atoms with van der Waals surface area (Å²) < 4.78 is 20.1. The van der Waals surface area contributed by atoms with Crippen molar-refractivity contribution in [2.75, 3.05) is 6.61 Å². The van der Waals surface area contributed by atoms with E-state index in [-0.39, 0.29) is 5.78 Å². The van der Waals surface area contributed by atoms with Crippen LogP contribution in [0, 0.1) is 6.92 Å². The van der Waals surface area contributed by atoms with Crippen molar-refractivity contribution in [3.63, 3.8) is 0 Å². The van der Waals surface area contributed by atoms with Crippen molar-refractivity contribution < 1.29 is 23.2 Å². The Morgan fingerprint density at radius 2 is 2.24 bits per heavy atom. The van der Waals surface area contributed by atoms with Gasteiger partial charge in [0, 0.05) is 10.9 Å². The Morgan fingerprint density at radius 3 is 2.94 bits per heavy atom. The Hall–Kier alpha value is -1.42. The molecule has 1 N–H and O–H groups in total. The molecule has 0 bridgehead atoms. The molecule has 90 valence electrons. The van der Waals surface area contributed by atoms with E-state index in [1.54, 1.807) is 18.2 Å². The van der Waals surface area contributed by atoms with Crippen LogP contribution in [0.25, 0.3) is 11.0 Å². The van der Waals surface area contributed by atoms with Gasteiger partial charge < -0.3 is 13.8 Å². The van der Waals surface area contributed by atoms with E-state index in [0.29, 0.717) is 11.1 Å². The van der Waals surface area contributed by atoms with Crippen LogP contribution in [0.5, 0.6) is 0 Å². The first kappa shape index (κ1) is 12.0. The number of Topliss-reactive ketones (excluding diaryl/α,β-unsaturated/α-hetero) is 1. The summed E-state index contributed by atoms with van der Waals surface area (Å²) in [7, 11) is -3.06. The fourth-order valence-corrected chi connectivity index (χ4v) is 1.81. The number of fused-ring (bicyclic) bond motifs is 1. The van der Waals surface area contributed by atoms with Crippen LogP contribution in [0.1, 0.15) is 16.1 Å². The van der Waals surface area contributed by atoms with Crippen molar-refractivity contribution in [2.24, 2.45) is 0 Å². The first-order valence-electron chi connectivity index (χ1n) is 4.95. The SMILES string of the molecule is Cc1cc2cc(C(=O)CO[PH](=O)O)ccc2o1. The molecular formula is C11H11O5P. The average Bonchev–Trinajstić information content (AvgIpc) is 2.64. The van der Waals surface area contributed by atoms with Crippen LogP contribution < -0.4 is 0 Å². The molecule has 0 fully saturated rings. The lowest BCUT2D eigenvalue weighted by molar-refractivity contribution is 0.0917. The fourth-order valence-electron chi connectivity index (χ4n) is 1.56. The van der Waals surface area contributed by atoms with Gasteiger partial charge in [0.05, 0.1) is 0 Å². The predicted molar refractivity (Wildman–Crippen MR) is 62.5 cm³/mol. The van der Waals surface area contributed by atoms with E-state index in [4.69, 9.17) is 9.31 Å². The minimum Gasteiger partial charge on any atom is -0.461 e. The topological polar surface area (TPSA) is 76.7 Å². The van der Waals surface area contributed by atoms with E-state index in [2.05, 4.69) is 4.52 Å². The summed E-state index contributed by atoms with van der Waals surface area (Å²) in [5.41, 5.74) is 1.14. The molecule has 17 heavy (non-hydrogen) atoms. The molecule has 0 aliphatic heterocycles. The van der Waals surface area contributed by atoms with E-state index in [9.17, 15) is 9.36 Å². The van der Waals surface area contributed by atoms with Crippen molar-refractivity contribution in [1.82, 2.24) is 0 Å². The molecule has 2 aromatic rings. The normalized spacial score (nSPS) is 12.8. The second-order valence-corrected chi connectivity index (χ2v) is 4.41. The molecule has 1 aromatic heterocycles. The molecule has 0 aliphatic rings. The highest BCUT2D eigenvalue weighted by atomic mass is 31.1. The van der Waals surface area contributed by atoms with Gasteiger partial charge in [0.15, 0.2) is 5.78 Å². The molecular weight excluding hydrogens is 243 g/mol. The van der Waals surface area contributed by atoms with Crippen molar-refractivity contribution >= 4 is 25.0 Å². The smallest absolute Gasteiger partial charge is 0.317 e. The summed E-state index contributed by atoms with van der Waals surface area (Å²) >= 11 is 0. The minimum absolute atomic E-state index is 0.335. The fraction of sp³-hybridized carbons (Fsp3) is 0.182. The molecule has 0 radical (unpaired) electrons. The largest absolute Gasteiger partial charge is 0.461 e. The van der Waals surface area contributed by atoms with Crippen molar-refractivity contribution in [1.29, 1.82) is 0 Å². The van der Waals surface area contributed by atoms with Gasteiger partial charge in [-0.3, -0.25) is 9.36 Å². The Bertz CT molecular complexity index is 587. The monoisotopic (exact) mass is 254 g/mol. The third-order valence-electron chi connectivity index (χ3n) is 2.29. The summed E-state index contributed by atoms with van der Waals surface area (Å²) in [6.45, 7) is 1.43. The van der Waals surface area contributed by atoms with Crippen molar-refractivity contribution in [2.45, 2.75) is 6.92 Å². The summed E-state index contributed by atoms with van der Waals surface area (Å²) in [6.07, 6.45) is 0. The second kappa shape index (κ2) is 4.84. The summed E-state index contributed by atoms with van der Waals surface area (Å²) in [6, 6.07) is 6.79. The molecule has 0 aliphatic carbocycles. The van der Waals surface area contributed by atoms with Gasteiger partial charge in [0.25, 0.3) is 0 Å². The van der Waals surface area contributed by atoms with Gasteiger partial charge in [-0.15, -0.1) is 0 Å². The zero-order valence-corrected chi connectivity index (χ0v) is 10.1. The highest BCUT2D eigenvalue weighted by Crippen LogP contribution is 2.21. The average molecular weight is 254 g/mol. The number of furan rings is 1. The van der Waals surface area contributed by atoms with Crippen LogP contribution in [0.4, 0.5) is 0 Å². The zero-order chi connectivity index (χ0) is 12.4. The van der Waals surface area contributed by atoms with Crippen LogP contribution in [0.2, 0.25) is 0 Å². The lowest BCUT2D eigenvalue weighted by Crippen LogP contribution is -2.05. The molecule has 1 unspecified atom stereocenters. The molecule has 0 spiro atoms. The van der Waals surface area contributed by atoms with E-state index < -0.39 is 14.9 Å². The lowest BCUT2D eigenvalue weighted by atomic mass is 10.1. The zero-order valence-electron chi connectivity index (χ0n) is 9.10. The molecule has 2 rings (SSSR count). The van der Waals surface area contributed by atoms with Crippen LogP contribution in [0.15, 0.2) is 28.7 Å². The molecule has 0 amide bonds. The number of benzene rings is 1. The van der Waals surface area contributed by atoms with Crippen LogP contribution in [-0.2, 0) is 9.09 Å². The number of carbonyl (C=O) groups excluding carboxylic acids is 1. The van der Waals surface area contributed by atoms with Gasteiger partial charge in [0.2, 0.25) is 0 Å². The number of hydrogen-bond donors (Lipinski definition) is 1. The van der Waals surface area contributed by atoms with Gasteiger partial charge in [-0.05, 0) is 31.2 Å². The standard InChI is InChI=1S/C11H11O5P/c1-7-4-9-5-8(2-3-11(9)16-7)10(12)6-15-17(13)14/h2-5,17H,6H2,1H3,(H,13,14). The van der Waals surface area contributed by atoms with Gasteiger partial charge in [0.1, 0.15) is 18.0 Å². The molecule has 5 nitrogen and oxygen atoms in total.